The molecule has 7 nitrogen and oxygen atoms in total. The summed E-state index contributed by atoms with van der Waals surface area (Å²) in [6.07, 6.45) is 5.71. The van der Waals surface area contributed by atoms with Gasteiger partial charge < -0.3 is 14.9 Å². The van der Waals surface area contributed by atoms with E-state index in [-0.39, 0.29) is 6.61 Å². The van der Waals surface area contributed by atoms with E-state index in [1.807, 2.05) is 36.7 Å². The predicted octanol–water partition coefficient (Wildman–Crippen LogP) is 4.50. The number of aromatic nitrogens is 3. The molecular formula is C30H36N6O. The zero-order chi connectivity index (χ0) is 25.6. The predicted molar refractivity (Wildman–Crippen MR) is 150 cm³/mol. The molecule has 1 aliphatic rings. The van der Waals surface area contributed by atoms with Gasteiger partial charge in [-0.1, -0.05) is 12.1 Å². The molecule has 1 aliphatic heterocycles. The first-order chi connectivity index (χ1) is 18.1. The second kappa shape index (κ2) is 11.7. The van der Waals surface area contributed by atoms with Gasteiger partial charge in [0.2, 0.25) is 0 Å². The fourth-order valence-electron chi connectivity index (χ4n) is 5.06. The van der Waals surface area contributed by atoms with Crippen LogP contribution in [-0.4, -0.2) is 58.8 Å². The lowest BCUT2D eigenvalue weighted by Crippen LogP contribution is -2.35. The number of rotatable bonds is 9. The van der Waals surface area contributed by atoms with Crippen molar-refractivity contribution in [3.05, 3.63) is 90.1 Å². The first kappa shape index (κ1) is 25.1. The molecule has 5 rings (SSSR count). The van der Waals surface area contributed by atoms with Crippen LogP contribution >= 0.6 is 0 Å². The third-order valence-corrected chi connectivity index (χ3v) is 7.16. The van der Waals surface area contributed by atoms with Gasteiger partial charge in [-0.25, -0.2) is 0 Å². The van der Waals surface area contributed by atoms with Gasteiger partial charge in [0, 0.05) is 82.6 Å². The van der Waals surface area contributed by atoms with E-state index in [0.717, 1.165) is 48.5 Å². The number of aliphatic hydroxyl groups is 1. The molecule has 192 valence electrons. The minimum absolute atomic E-state index is 0.275. The second-order valence-electron chi connectivity index (χ2n) is 10.1. The highest BCUT2D eigenvalue weighted by Gasteiger charge is 2.22. The minimum Gasteiger partial charge on any atom is -0.396 e. The molecule has 0 amide bonds. The quantitative estimate of drug-likeness (QED) is 0.366. The highest BCUT2D eigenvalue weighted by atomic mass is 16.3. The van der Waals surface area contributed by atoms with Gasteiger partial charge in [0.1, 0.15) is 0 Å². The number of benzene rings is 1. The van der Waals surface area contributed by atoms with E-state index in [0.29, 0.717) is 25.6 Å². The van der Waals surface area contributed by atoms with Crippen molar-refractivity contribution in [1.82, 2.24) is 19.9 Å². The topological polar surface area (TPSA) is 68.6 Å². The van der Waals surface area contributed by atoms with Crippen LogP contribution in [0.25, 0.3) is 10.9 Å². The number of anilines is 2. The molecule has 1 N–H and O–H groups in total. The average Bonchev–Trinajstić information content (AvgIpc) is 2.93. The van der Waals surface area contributed by atoms with Gasteiger partial charge in [-0.05, 0) is 67.3 Å². The molecule has 37 heavy (non-hydrogen) atoms. The molecule has 4 aromatic rings. The standard InChI is InChI=1S/C30H36N6O/c1-34(2)27-9-10-29-28(18-27)30(36-15-11-23(22-37)12-16-36)17-26(33-29)21-35(19-24-7-3-5-13-31-24)20-25-8-4-6-14-32-25/h3-10,13-14,17-18,23,37H,11-12,15-16,19-22H2,1-2H3. The summed E-state index contributed by atoms with van der Waals surface area (Å²) in [4.78, 5) is 21.2. The van der Waals surface area contributed by atoms with Crippen LogP contribution in [0.4, 0.5) is 11.4 Å². The van der Waals surface area contributed by atoms with Crippen LogP contribution < -0.4 is 9.80 Å². The fraction of sp³-hybridized carbons (Fsp3) is 0.367. The number of pyridine rings is 3. The van der Waals surface area contributed by atoms with Gasteiger partial charge in [-0.2, -0.15) is 0 Å². The van der Waals surface area contributed by atoms with Crippen molar-refractivity contribution >= 4 is 22.3 Å². The zero-order valence-corrected chi connectivity index (χ0v) is 21.8. The average molecular weight is 497 g/mol. The van der Waals surface area contributed by atoms with Crippen molar-refractivity contribution in [2.45, 2.75) is 32.5 Å². The Labute approximate surface area is 219 Å². The van der Waals surface area contributed by atoms with Gasteiger partial charge in [-0.15, -0.1) is 0 Å². The first-order valence-electron chi connectivity index (χ1n) is 13.1. The highest BCUT2D eigenvalue weighted by Crippen LogP contribution is 2.33. The summed E-state index contributed by atoms with van der Waals surface area (Å²) >= 11 is 0. The lowest BCUT2D eigenvalue weighted by atomic mass is 9.97. The number of piperidine rings is 1. The van der Waals surface area contributed by atoms with Crippen molar-refractivity contribution in [2.75, 3.05) is 43.6 Å². The smallest absolute Gasteiger partial charge is 0.0728 e. The first-order valence-corrected chi connectivity index (χ1v) is 13.1. The Kier molecular flexibility index (Phi) is 7.92. The van der Waals surface area contributed by atoms with Crippen LogP contribution in [0.15, 0.2) is 73.1 Å². The summed E-state index contributed by atoms with van der Waals surface area (Å²) < 4.78 is 0. The Morgan fingerprint density at radius 1 is 0.838 bits per heavy atom. The summed E-state index contributed by atoms with van der Waals surface area (Å²) in [7, 11) is 4.14. The highest BCUT2D eigenvalue weighted by molar-refractivity contribution is 5.94. The van der Waals surface area contributed by atoms with E-state index in [9.17, 15) is 5.11 Å². The van der Waals surface area contributed by atoms with Gasteiger partial charge in [0.15, 0.2) is 0 Å². The second-order valence-corrected chi connectivity index (χ2v) is 10.1. The van der Waals surface area contributed by atoms with Crippen molar-refractivity contribution in [1.29, 1.82) is 0 Å². The van der Waals surface area contributed by atoms with E-state index in [4.69, 9.17) is 4.98 Å². The van der Waals surface area contributed by atoms with Crippen LogP contribution in [0, 0.1) is 5.92 Å². The molecule has 1 aromatic carbocycles. The monoisotopic (exact) mass is 496 g/mol. The van der Waals surface area contributed by atoms with Crippen molar-refractivity contribution < 1.29 is 5.11 Å². The maximum absolute atomic E-state index is 9.65. The molecule has 0 atom stereocenters. The third kappa shape index (κ3) is 6.24. The lowest BCUT2D eigenvalue weighted by Gasteiger charge is -2.34. The van der Waals surface area contributed by atoms with Crippen LogP contribution in [0.1, 0.15) is 29.9 Å². The van der Waals surface area contributed by atoms with Gasteiger partial charge in [0.05, 0.1) is 22.6 Å². The van der Waals surface area contributed by atoms with E-state index >= 15 is 0 Å². The Balaban J connectivity index is 1.49. The van der Waals surface area contributed by atoms with Crippen LogP contribution in [-0.2, 0) is 19.6 Å². The number of nitrogens with zero attached hydrogens (tertiary/aromatic N) is 6. The largest absolute Gasteiger partial charge is 0.396 e. The summed E-state index contributed by atoms with van der Waals surface area (Å²) in [5.74, 6) is 0.397. The summed E-state index contributed by atoms with van der Waals surface area (Å²) in [6, 6.07) is 20.9. The normalized spacial score (nSPS) is 14.4. The zero-order valence-electron chi connectivity index (χ0n) is 21.8. The molecule has 0 unspecified atom stereocenters. The summed E-state index contributed by atoms with van der Waals surface area (Å²) in [5, 5.41) is 10.8. The molecule has 3 aromatic heterocycles. The molecule has 0 bridgehead atoms. The molecule has 1 saturated heterocycles. The Morgan fingerprint density at radius 3 is 2.05 bits per heavy atom. The Hall–Kier alpha value is -3.55. The van der Waals surface area contributed by atoms with E-state index in [2.05, 4.69) is 75.2 Å². The van der Waals surface area contributed by atoms with E-state index in [1.54, 1.807) is 0 Å². The van der Waals surface area contributed by atoms with E-state index < -0.39 is 0 Å². The number of fused-ring (bicyclic) bond motifs is 1. The lowest BCUT2D eigenvalue weighted by molar-refractivity contribution is 0.203. The maximum Gasteiger partial charge on any atom is 0.0728 e. The third-order valence-electron chi connectivity index (χ3n) is 7.16. The molecule has 4 heterocycles. The Bertz CT molecular complexity index is 1250. The molecule has 1 fully saturated rings. The number of hydrogen-bond acceptors (Lipinski definition) is 7. The SMILES string of the molecule is CN(C)c1ccc2nc(CN(Cc3ccccn3)Cc3ccccn3)cc(N3CCC(CO)CC3)c2c1. The van der Waals surface area contributed by atoms with Crippen molar-refractivity contribution in [2.24, 2.45) is 5.92 Å². The van der Waals surface area contributed by atoms with E-state index in [1.165, 1.54) is 16.8 Å². The summed E-state index contributed by atoms with van der Waals surface area (Å²) in [5.41, 5.74) is 6.51. The van der Waals surface area contributed by atoms with Crippen LogP contribution in [0.5, 0.6) is 0 Å². The maximum atomic E-state index is 9.65. The van der Waals surface area contributed by atoms with Gasteiger partial charge in [0.25, 0.3) is 0 Å². The molecule has 0 saturated carbocycles. The van der Waals surface area contributed by atoms with Crippen molar-refractivity contribution in [3.8, 4) is 0 Å². The van der Waals surface area contributed by atoms with Gasteiger partial charge in [-0.3, -0.25) is 19.9 Å². The summed E-state index contributed by atoms with van der Waals surface area (Å²) in [6.45, 7) is 4.29. The number of aliphatic hydroxyl groups excluding tert-OH is 1. The van der Waals surface area contributed by atoms with Crippen molar-refractivity contribution in [3.63, 3.8) is 0 Å². The van der Waals surface area contributed by atoms with Gasteiger partial charge >= 0.3 is 0 Å². The molecule has 0 aliphatic carbocycles. The molecule has 0 spiro atoms. The molecule has 7 heteroatoms. The number of hydrogen-bond donors (Lipinski definition) is 1. The molecular weight excluding hydrogens is 460 g/mol. The van der Waals surface area contributed by atoms with Crippen LogP contribution in [0.3, 0.4) is 0 Å². The molecule has 0 radical (unpaired) electrons. The minimum atomic E-state index is 0.275. The Morgan fingerprint density at radius 2 is 1.49 bits per heavy atom. The fourth-order valence-corrected chi connectivity index (χ4v) is 5.06. The van der Waals surface area contributed by atoms with Crippen LogP contribution in [0.2, 0.25) is 0 Å².